The molecule has 1 fully saturated rings. The minimum absolute atomic E-state index is 0.00794. The Morgan fingerprint density at radius 3 is 2.23 bits per heavy atom. The fraction of sp³-hybridized carbons (Fsp3) is 0.455. The Labute approximate surface area is 253 Å². The van der Waals surface area contributed by atoms with Gasteiger partial charge in [0, 0.05) is 23.9 Å². The van der Waals surface area contributed by atoms with E-state index in [0.29, 0.717) is 5.56 Å². The Balaban J connectivity index is 1.84. The molecule has 2 aromatic carbocycles. The average Bonchev–Trinajstić information content (AvgIpc) is 3.32. The molecule has 230 valence electrons. The van der Waals surface area contributed by atoms with Gasteiger partial charge in [-0.1, -0.05) is 50.1 Å². The van der Waals surface area contributed by atoms with Crippen LogP contribution in [0.1, 0.15) is 71.6 Å². The summed E-state index contributed by atoms with van der Waals surface area (Å²) in [6, 6.07) is 12.7. The molecule has 1 unspecified atom stereocenters. The molecule has 2 aromatic rings. The second kappa shape index (κ2) is 13.7. The van der Waals surface area contributed by atoms with E-state index >= 15 is 0 Å². The molecular weight excluding hydrogens is 550 g/mol. The quantitative estimate of drug-likeness (QED) is 0.299. The highest BCUT2D eigenvalue weighted by molar-refractivity contribution is 5.93. The second-order valence-corrected chi connectivity index (χ2v) is 12.4. The first-order valence-electron chi connectivity index (χ1n) is 14.2. The number of likely N-dealkylation sites (tertiary alicyclic amines) is 1. The zero-order valence-electron chi connectivity index (χ0n) is 25.5. The van der Waals surface area contributed by atoms with Crippen LogP contribution in [0.15, 0.2) is 54.6 Å². The van der Waals surface area contributed by atoms with Gasteiger partial charge in [0.15, 0.2) is 0 Å². The summed E-state index contributed by atoms with van der Waals surface area (Å²) in [5.41, 5.74) is -0.413. The van der Waals surface area contributed by atoms with E-state index in [-0.39, 0.29) is 25.1 Å². The van der Waals surface area contributed by atoms with Gasteiger partial charge in [-0.25, -0.2) is 4.79 Å². The van der Waals surface area contributed by atoms with Gasteiger partial charge in [-0.15, -0.1) is 6.42 Å². The van der Waals surface area contributed by atoms with Gasteiger partial charge < -0.3 is 30.1 Å². The SMILES string of the molecule is C#Cc1ccc([C@H](C)NC(=O)[C@@H]2C[C@@H](O)CN2C(=O)C(NC(=O)Oc2ccccc2)C(C)(C)CC(=O)OC(C)(C)C)cc1. The number of esters is 1. The van der Waals surface area contributed by atoms with E-state index < -0.39 is 59.1 Å². The first-order valence-corrected chi connectivity index (χ1v) is 14.2. The van der Waals surface area contributed by atoms with E-state index in [1.807, 2.05) is 12.1 Å². The predicted octanol–water partition coefficient (Wildman–Crippen LogP) is 3.72. The molecular formula is C33H41N3O7. The van der Waals surface area contributed by atoms with Gasteiger partial charge >= 0.3 is 12.1 Å². The maximum Gasteiger partial charge on any atom is 0.413 e. The van der Waals surface area contributed by atoms with Gasteiger partial charge in [-0.05, 0) is 57.5 Å². The van der Waals surface area contributed by atoms with Crippen LogP contribution < -0.4 is 15.4 Å². The molecule has 0 aliphatic carbocycles. The Hall–Kier alpha value is -4.36. The first-order chi connectivity index (χ1) is 20.1. The number of amides is 3. The molecule has 0 bridgehead atoms. The second-order valence-electron chi connectivity index (χ2n) is 12.4. The molecule has 3 amide bonds. The maximum atomic E-state index is 14.1. The molecule has 10 nitrogen and oxygen atoms in total. The molecule has 0 aromatic heterocycles. The summed E-state index contributed by atoms with van der Waals surface area (Å²) in [6.45, 7) is 10.2. The number of aliphatic hydroxyl groups is 1. The minimum atomic E-state index is -1.30. The summed E-state index contributed by atoms with van der Waals surface area (Å²) in [4.78, 5) is 54.6. The molecule has 3 N–H and O–H groups in total. The van der Waals surface area contributed by atoms with Crippen LogP contribution in [0.5, 0.6) is 5.75 Å². The van der Waals surface area contributed by atoms with Crippen molar-refractivity contribution in [2.45, 2.75) is 84.2 Å². The number of nitrogens with one attached hydrogen (secondary N) is 2. The van der Waals surface area contributed by atoms with E-state index in [1.165, 1.54) is 4.90 Å². The van der Waals surface area contributed by atoms with Crippen LogP contribution in [-0.2, 0) is 19.1 Å². The van der Waals surface area contributed by atoms with Crippen molar-refractivity contribution in [2.75, 3.05) is 6.54 Å². The number of β-amino-alcohol motifs (C(OH)–C–C–N with tert-alkyl or cyclic N) is 1. The van der Waals surface area contributed by atoms with Crippen LogP contribution >= 0.6 is 0 Å². The normalized spacial score (nSPS) is 18.1. The van der Waals surface area contributed by atoms with Gasteiger partial charge in [0.1, 0.15) is 23.4 Å². The van der Waals surface area contributed by atoms with Crippen LogP contribution in [0.25, 0.3) is 0 Å². The third kappa shape index (κ3) is 9.32. The number of carbonyl (C=O) groups excluding carboxylic acids is 4. The van der Waals surface area contributed by atoms with Gasteiger partial charge in [0.2, 0.25) is 11.8 Å². The monoisotopic (exact) mass is 591 g/mol. The zero-order valence-corrected chi connectivity index (χ0v) is 25.5. The lowest BCUT2D eigenvalue weighted by Crippen LogP contribution is -2.59. The van der Waals surface area contributed by atoms with Crippen molar-refractivity contribution in [2.24, 2.45) is 5.41 Å². The lowest BCUT2D eigenvalue weighted by Gasteiger charge is -2.37. The van der Waals surface area contributed by atoms with Crippen LogP contribution in [0.2, 0.25) is 0 Å². The number of nitrogens with zero attached hydrogens (tertiary/aromatic N) is 1. The third-order valence-corrected chi connectivity index (χ3v) is 7.07. The van der Waals surface area contributed by atoms with Gasteiger partial charge in [-0.2, -0.15) is 0 Å². The Morgan fingerprint density at radius 2 is 1.65 bits per heavy atom. The van der Waals surface area contributed by atoms with E-state index in [2.05, 4.69) is 16.6 Å². The fourth-order valence-electron chi connectivity index (χ4n) is 4.92. The molecule has 0 saturated carbocycles. The lowest BCUT2D eigenvalue weighted by molar-refractivity contribution is -0.158. The van der Waals surface area contributed by atoms with Crippen molar-refractivity contribution in [1.82, 2.24) is 15.5 Å². The minimum Gasteiger partial charge on any atom is -0.460 e. The number of aliphatic hydroxyl groups excluding tert-OH is 1. The number of hydrogen-bond acceptors (Lipinski definition) is 7. The Morgan fingerprint density at radius 1 is 1.02 bits per heavy atom. The molecule has 1 heterocycles. The number of hydrogen-bond donors (Lipinski definition) is 3. The predicted molar refractivity (Wildman–Crippen MR) is 161 cm³/mol. The summed E-state index contributed by atoms with van der Waals surface area (Å²) in [5, 5.41) is 16.1. The highest BCUT2D eigenvalue weighted by Gasteiger charge is 2.47. The molecule has 43 heavy (non-hydrogen) atoms. The van der Waals surface area contributed by atoms with Crippen molar-refractivity contribution < 1.29 is 33.8 Å². The van der Waals surface area contributed by atoms with E-state index in [0.717, 1.165) is 5.56 Å². The standard InChI is InChI=1S/C33H41N3O7/c1-8-22-14-16-23(17-15-22)21(2)34-29(39)26-18-24(37)20-36(26)30(40)28(33(6,7)19-27(38)43-32(3,4)5)35-31(41)42-25-12-10-9-11-13-25/h1,9-17,21,24,26,28,37H,18-20H2,2-7H3,(H,34,39)(H,35,41)/t21-,24+,26-,28?/m0/s1. The number of terminal acetylenes is 1. The van der Waals surface area contributed by atoms with Crippen molar-refractivity contribution in [3.63, 3.8) is 0 Å². The molecule has 3 rings (SSSR count). The smallest absolute Gasteiger partial charge is 0.413 e. The number of rotatable bonds is 9. The van der Waals surface area contributed by atoms with Crippen molar-refractivity contribution in [3.05, 3.63) is 65.7 Å². The number of ether oxygens (including phenoxy) is 2. The third-order valence-electron chi connectivity index (χ3n) is 7.07. The Kier molecular flexibility index (Phi) is 10.6. The van der Waals surface area contributed by atoms with Gasteiger partial charge in [0.25, 0.3) is 0 Å². The number of para-hydroxylation sites is 1. The molecule has 10 heteroatoms. The molecule has 4 atom stereocenters. The van der Waals surface area contributed by atoms with Crippen LogP contribution in [0.3, 0.4) is 0 Å². The van der Waals surface area contributed by atoms with Gasteiger partial charge in [0.05, 0.1) is 18.6 Å². The maximum absolute atomic E-state index is 14.1. The molecule has 1 saturated heterocycles. The highest BCUT2D eigenvalue weighted by atomic mass is 16.6. The van der Waals surface area contributed by atoms with E-state index in [9.17, 15) is 24.3 Å². The highest BCUT2D eigenvalue weighted by Crippen LogP contribution is 2.31. The van der Waals surface area contributed by atoms with Crippen LogP contribution in [0.4, 0.5) is 4.79 Å². The van der Waals surface area contributed by atoms with Gasteiger partial charge in [-0.3, -0.25) is 14.4 Å². The zero-order chi connectivity index (χ0) is 31.9. The number of carbonyl (C=O) groups is 4. The summed E-state index contributed by atoms with van der Waals surface area (Å²) in [5.74, 6) is 1.14. The van der Waals surface area contributed by atoms with E-state index in [4.69, 9.17) is 15.9 Å². The topological polar surface area (TPSA) is 134 Å². The Bertz CT molecular complexity index is 1340. The molecule has 0 radical (unpaired) electrons. The fourth-order valence-corrected chi connectivity index (χ4v) is 4.92. The van der Waals surface area contributed by atoms with Crippen LogP contribution in [0, 0.1) is 17.8 Å². The molecule has 1 aliphatic rings. The van der Waals surface area contributed by atoms with E-state index in [1.54, 1.807) is 84.0 Å². The van der Waals surface area contributed by atoms with Crippen LogP contribution in [-0.4, -0.2) is 64.2 Å². The summed E-state index contributed by atoms with van der Waals surface area (Å²) >= 11 is 0. The summed E-state index contributed by atoms with van der Waals surface area (Å²) in [7, 11) is 0. The average molecular weight is 592 g/mol. The molecule has 1 aliphatic heterocycles. The summed E-state index contributed by atoms with van der Waals surface area (Å²) < 4.78 is 10.9. The summed E-state index contributed by atoms with van der Waals surface area (Å²) in [6.07, 6.45) is 3.35. The first kappa shape index (κ1) is 33.1. The van der Waals surface area contributed by atoms with Crippen molar-refractivity contribution in [3.8, 4) is 18.1 Å². The lowest BCUT2D eigenvalue weighted by atomic mass is 9.80. The largest absolute Gasteiger partial charge is 0.460 e. The van der Waals surface area contributed by atoms with Crippen molar-refractivity contribution >= 4 is 23.9 Å². The van der Waals surface area contributed by atoms with Crippen molar-refractivity contribution in [1.29, 1.82) is 0 Å². The molecule has 0 spiro atoms. The number of benzene rings is 2.